The van der Waals surface area contributed by atoms with Gasteiger partial charge in [-0.15, -0.1) is 0 Å². The maximum absolute atomic E-state index is 13.7. The van der Waals surface area contributed by atoms with Gasteiger partial charge in [0.2, 0.25) is 5.82 Å². The Balaban J connectivity index is 2.48. The lowest BCUT2D eigenvalue weighted by Crippen LogP contribution is -2.44. The van der Waals surface area contributed by atoms with Gasteiger partial charge in [-0.05, 0) is 25.7 Å². The Morgan fingerprint density at radius 2 is 1.52 bits per heavy atom. The molecular weight excluding hydrogens is 293 g/mol. The highest BCUT2D eigenvalue weighted by atomic mass is 19.2. The summed E-state index contributed by atoms with van der Waals surface area (Å²) in [4.78, 5) is 13.4. The normalized spacial score (nSPS) is 19.0. The Kier molecular flexibility index (Phi) is 4.49. The summed E-state index contributed by atoms with van der Waals surface area (Å²) in [5.41, 5.74) is -1.37. The number of carbonyl (C=O) groups excluding carboxylic acids is 1. The number of rotatable bonds is 2. The molecule has 116 valence electrons. The zero-order chi connectivity index (χ0) is 15.7. The Morgan fingerprint density at radius 1 is 1.00 bits per heavy atom. The number of likely N-dealkylation sites (tertiary alicyclic amines) is 1. The molecule has 0 radical (unpaired) electrons. The molecule has 0 aliphatic carbocycles. The van der Waals surface area contributed by atoms with Gasteiger partial charge < -0.3 is 4.90 Å². The van der Waals surface area contributed by atoms with Gasteiger partial charge in [-0.3, -0.25) is 4.79 Å². The molecule has 0 spiro atoms. The third kappa shape index (κ3) is 2.61. The molecule has 7 heteroatoms. The van der Waals surface area contributed by atoms with E-state index in [0.29, 0.717) is 19.3 Å². The van der Waals surface area contributed by atoms with Crippen LogP contribution in [0.5, 0.6) is 0 Å². The van der Waals surface area contributed by atoms with Crippen molar-refractivity contribution in [1.29, 1.82) is 0 Å². The van der Waals surface area contributed by atoms with Crippen LogP contribution in [0.15, 0.2) is 0 Å². The van der Waals surface area contributed by atoms with Crippen LogP contribution in [0.2, 0.25) is 0 Å². The predicted octanol–water partition coefficient (Wildman–Crippen LogP) is 3.79. The van der Waals surface area contributed by atoms with Crippen molar-refractivity contribution in [2.45, 2.75) is 38.6 Å². The number of carbonyl (C=O) groups is 1. The summed E-state index contributed by atoms with van der Waals surface area (Å²) in [5.74, 6) is -11.7. The second kappa shape index (κ2) is 5.99. The second-order valence-corrected chi connectivity index (χ2v) is 5.00. The molecular formula is C14H14F5NO. The lowest BCUT2D eigenvalue weighted by atomic mass is 9.98. The first kappa shape index (κ1) is 15.7. The summed E-state index contributed by atoms with van der Waals surface area (Å²) < 4.78 is 66.7. The van der Waals surface area contributed by atoms with Crippen LogP contribution in [-0.2, 0) is 0 Å². The minimum Gasteiger partial charge on any atom is -0.335 e. The van der Waals surface area contributed by atoms with Crippen molar-refractivity contribution in [1.82, 2.24) is 4.90 Å². The van der Waals surface area contributed by atoms with E-state index >= 15 is 0 Å². The van der Waals surface area contributed by atoms with Gasteiger partial charge in [0, 0.05) is 12.6 Å². The van der Waals surface area contributed by atoms with Crippen LogP contribution in [0.25, 0.3) is 0 Å². The van der Waals surface area contributed by atoms with Crippen molar-refractivity contribution in [2.24, 2.45) is 0 Å². The molecule has 1 saturated heterocycles. The fraction of sp³-hybridized carbons (Fsp3) is 0.500. The van der Waals surface area contributed by atoms with E-state index in [0.717, 1.165) is 6.42 Å². The van der Waals surface area contributed by atoms with Gasteiger partial charge in [0.05, 0.1) is 0 Å². The number of benzene rings is 1. The quantitative estimate of drug-likeness (QED) is 0.462. The molecule has 1 heterocycles. The maximum atomic E-state index is 13.7. The molecule has 0 bridgehead atoms. The van der Waals surface area contributed by atoms with Gasteiger partial charge in [-0.25, -0.2) is 22.0 Å². The summed E-state index contributed by atoms with van der Waals surface area (Å²) >= 11 is 0. The summed E-state index contributed by atoms with van der Waals surface area (Å²) in [7, 11) is 0. The van der Waals surface area contributed by atoms with E-state index in [1.165, 1.54) is 4.90 Å². The summed E-state index contributed by atoms with van der Waals surface area (Å²) in [6, 6.07) is -0.249. The molecule has 0 aromatic heterocycles. The molecule has 1 aromatic carbocycles. The van der Waals surface area contributed by atoms with Gasteiger partial charge in [0.1, 0.15) is 5.56 Å². The topological polar surface area (TPSA) is 20.3 Å². The third-order valence-corrected chi connectivity index (χ3v) is 3.78. The average molecular weight is 307 g/mol. The van der Waals surface area contributed by atoms with Gasteiger partial charge in [-0.1, -0.05) is 6.92 Å². The molecule has 21 heavy (non-hydrogen) atoms. The predicted molar refractivity (Wildman–Crippen MR) is 65.2 cm³/mol. The van der Waals surface area contributed by atoms with Crippen molar-refractivity contribution >= 4 is 5.91 Å². The number of nitrogens with zero attached hydrogens (tertiary/aromatic N) is 1. The second-order valence-electron chi connectivity index (χ2n) is 5.00. The van der Waals surface area contributed by atoms with Crippen LogP contribution in [0.1, 0.15) is 43.0 Å². The Morgan fingerprint density at radius 3 is 2.05 bits per heavy atom. The molecule has 2 rings (SSSR count). The highest BCUT2D eigenvalue weighted by molar-refractivity contribution is 5.95. The lowest BCUT2D eigenvalue weighted by molar-refractivity contribution is 0.0594. The van der Waals surface area contributed by atoms with Crippen molar-refractivity contribution in [3.8, 4) is 0 Å². The van der Waals surface area contributed by atoms with E-state index in [-0.39, 0.29) is 12.6 Å². The van der Waals surface area contributed by atoms with E-state index in [9.17, 15) is 26.7 Å². The first-order chi connectivity index (χ1) is 9.90. The van der Waals surface area contributed by atoms with Gasteiger partial charge in [-0.2, -0.15) is 0 Å². The fourth-order valence-electron chi connectivity index (χ4n) is 2.63. The molecule has 0 saturated carbocycles. The van der Waals surface area contributed by atoms with Gasteiger partial charge in [0.25, 0.3) is 5.91 Å². The van der Waals surface area contributed by atoms with Crippen molar-refractivity contribution in [2.75, 3.05) is 6.54 Å². The fourth-order valence-corrected chi connectivity index (χ4v) is 2.63. The summed E-state index contributed by atoms with van der Waals surface area (Å²) in [5, 5.41) is 0. The smallest absolute Gasteiger partial charge is 0.260 e. The van der Waals surface area contributed by atoms with E-state index in [2.05, 4.69) is 0 Å². The van der Waals surface area contributed by atoms with E-state index < -0.39 is 40.6 Å². The Hall–Kier alpha value is -1.66. The van der Waals surface area contributed by atoms with Gasteiger partial charge >= 0.3 is 0 Å². The van der Waals surface area contributed by atoms with Gasteiger partial charge in [0.15, 0.2) is 23.3 Å². The van der Waals surface area contributed by atoms with Crippen LogP contribution in [0.3, 0.4) is 0 Å². The number of piperidine rings is 1. The Labute approximate surface area is 118 Å². The standard InChI is InChI=1S/C14H14F5NO/c1-2-7-5-3-4-6-20(7)14(21)8-9(15)11(17)13(19)12(18)10(8)16/h7H,2-6H2,1H3/t7-/m1/s1. The third-order valence-electron chi connectivity index (χ3n) is 3.78. The summed E-state index contributed by atoms with van der Waals surface area (Å²) in [6.07, 6.45) is 2.70. The number of hydrogen-bond acceptors (Lipinski definition) is 1. The van der Waals surface area contributed by atoms with E-state index in [1.807, 2.05) is 0 Å². The minimum atomic E-state index is -2.26. The van der Waals surface area contributed by atoms with E-state index in [4.69, 9.17) is 0 Å². The maximum Gasteiger partial charge on any atom is 0.260 e. The van der Waals surface area contributed by atoms with Crippen molar-refractivity contribution in [3.05, 3.63) is 34.6 Å². The molecule has 1 aromatic rings. The molecule has 1 aliphatic rings. The highest BCUT2D eigenvalue weighted by Crippen LogP contribution is 2.27. The van der Waals surface area contributed by atoms with Crippen LogP contribution >= 0.6 is 0 Å². The molecule has 2 nitrogen and oxygen atoms in total. The first-order valence-electron chi connectivity index (χ1n) is 6.72. The molecule has 1 atom stereocenters. The zero-order valence-corrected chi connectivity index (χ0v) is 11.4. The lowest BCUT2D eigenvalue weighted by Gasteiger charge is -2.35. The molecule has 1 aliphatic heterocycles. The van der Waals surface area contributed by atoms with Crippen LogP contribution in [-0.4, -0.2) is 23.4 Å². The van der Waals surface area contributed by atoms with Crippen molar-refractivity contribution in [3.63, 3.8) is 0 Å². The molecule has 1 fully saturated rings. The molecule has 1 amide bonds. The first-order valence-corrected chi connectivity index (χ1v) is 6.72. The minimum absolute atomic E-state index is 0.247. The van der Waals surface area contributed by atoms with Crippen LogP contribution < -0.4 is 0 Å². The SMILES string of the molecule is CC[C@@H]1CCCCN1C(=O)c1c(F)c(F)c(F)c(F)c1F. The average Bonchev–Trinajstić information content (AvgIpc) is 2.51. The molecule has 0 N–H and O–H groups in total. The molecule has 0 unspecified atom stereocenters. The number of amides is 1. The van der Waals surface area contributed by atoms with E-state index in [1.54, 1.807) is 6.92 Å². The number of halogens is 5. The number of hydrogen-bond donors (Lipinski definition) is 0. The zero-order valence-electron chi connectivity index (χ0n) is 11.4. The van der Waals surface area contributed by atoms with Crippen LogP contribution in [0.4, 0.5) is 22.0 Å². The largest absolute Gasteiger partial charge is 0.335 e. The summed E-state index contributed by atoms with van der Waals surface area (Å²) in [6.45, 7) is 2.05. The van der Waals surface area contributed by atoms with Crippen LogP contribution in [0, 0.1) is 29.1 Å². The van der Waals surface area contributed by atoms with Crippen molar-refractivity contribution < 1.29 is 26.7 Å². The highest BCUT2D eigenvalue weighted by Gasteiger charge is 2.34. The Bertz CT molecular complexity index is 546. The monoisotopic (exact) mass is 307 g/mol.